The van der Waals surface area contributed by atoms with Crippen LogP contribution in [0.4, 0.5) is 0 Å². The van der Waals surface area contributed by atoms with Crippen LogP contribution in [0.25, 0.3) is 0 Å². The quantitative estimate of drug-likeness (QED) is 0.781. The molecule has 0 fully saturated rings. The summed E-state index contributed by atoms with van der Waals surface area (Å²) in [5.74, 6) is 1.00. The van der Waals surface area contributed by atoms with E-state index in [0.717, 1.165) is 12.2 Å². The Kier molecular flexibility index (Phi) is 3.71. The minimum absolute atomic E-state index is 0.978. The first kappa shape index (κ1) is 12.7. The van der Waals surface area contributed by atoms with Gasteiger partial charge in [-0.25, -0.2) is 0 Å². The topological polar surface area (TPSA) is 9.23 Å². The molecule has 0 aliphatic rings. The van der Waals surface area contributed by atoms with Crippen LogP contribution < -0.4 is 4.74 Å². The van der Waals surface area contributed by atoms with E-state index in [9.17, 15) is 0 Å². The van der Waals surface area contributed by atoms with E-state index >= 15 is 0 Å². The number of hydrogen-bond acceptors (Lipinski definition) is 1. The number of methoxy groups -OCH3 is 1. The van der Waals surface area contributed by atoms with Crippen LogP contribution in [-0.2, 0) is 6.42 Å². The molecule has 0 spiro atoms. The average Bonchev–Trinajstić information content (AvgIpc) is 2.32. The maximum atomic E-state index is 5.40. The molecule has 2 aromatic carbocycles. The summed E-state index contributed by atoms with van der Waals surface area (Å²) in [6, 6.07) is 13.2. The number of benzene rings is 2. The predicted octanol–water partition coefficient (Wildman–Crippen LogP) is 4.21. The molecular formula is C17H20O. The zero-order chi connectivity index (χ0) is 13.1. The lowest BCUT2D eigenvalue weighted by molar-refractivity contribution is 0.408. The maximum absolute atomic E-state index is 5.40. The van der Waals surface area contributed by atoms with Crippen LogP contribution in [0.3, 0.4) is 0 Å². The van der Waals surface area contributed by atoms with Crippen molar-refractivity contribution in [3.8, 4) is 5.75 Å². The van der Waals surface area contributed by atoms with Gasteiger partial charge in [0.1, 0.15) is 5.75 Å². The van der Waals surface area contributed by atoms with E-state index in [1.165, 1.54) is 27.8 Å². The molecule has 0 aromatic heterocycles. The third kappa shape index (κ3) is 2.73. The Bertz CT molecular complexity index is 515. The van der Waals surface area contributed by atoms with Crippen LogP contribution in [0.5, 0.6) is 5.75 Å². The Morgan fingerprint density at radius 3 is 1.89 bits per heavy atom. The Labute approximate surface area is 109 Å². The molecule has 0 atom stereocenters. The highest BCUT2D eigenvalue weighted by Gasteiger charge is 2.05. The van der Waals surface area contributed by atoms with Gasteiger partial charge in [0.15, 0.2) is 0 Å². The summed E-state index contributed by atoms with van der Waals surface area (Å²) in [6.07, 6.45) is 0.978. The molecule has 18 heavy (non-hydrogen) atoms. The van der Waals surface area contributed by atoms with Gasteiger partial charge < -0.3 is 4.74 Å². The number of rotatable bonds is 3. The number of ether oxygens (including phenoxy) is 1. The highest BCUT2D eigenvalue weighted by Crippen LogP contribution is 2.25. The van der Waals surface area contributed by atoms with E-state index in [4.69, 9.17) is 4.74 Å². The zero-order valence-corrected chi connectivity index (χ0v) is 11.6. The van der Waals surface area contributed by atoms with Crippen LogP contribution >= 0.6 is 0 Å². The molecule has 0 amide bonds. The van der Waals surface area contributed by atoms with Crippen LogP contribution in [0.15, 0.2) is 36.4 Å². The molecular weight excluding hydrogens is 220 g/mol. The lowest BCUT2D eigenvalue weighted by Gasteiger charge is -2.11. The van der Waals surface area contributed by atoms with Crippen molar-refractivity contribution in [2.45, 2.75) is 27.2 Å². The second-order valence-corrected chi connectivity index (χ2v) is 4.93. The first-order chi connectivity index (χ1) is 8.60. The first-order valence-corrected chi connectivity index (χ1v) is 6.30. The van der Waals surface area contributed by atoms with Crippen molar-refractivity contribution < 1.29 is 4.74 Å². The standard InChI is InChI=1S/C17H20O/c1-12-5-7-15(8-6-12)11-16-9-13(2)17(18-4)14(3)10-16/h5-10H,11H2,1-4H3. The van der Waals surface area contributed by atoms with Gasteiger partial charge >= 0.3 is 0 Å². The molecule has 94 valence electrons. The minimum atomic E-state index is 0.978. The molecule has 0 unspecified atom stereocenters. The van der Waals surface area contributed by atoms with Crippen molar-refractivity contribution in [2.75, 3.05) is 7.11 Å². The summed E-state index contributed by atoms with van der Waals surface area (Å²) in [5, 5.41) is 0. The van der Waals surface area contributed by atoms with Gasteiger partial charge in [-0.2, -0.15) is 0 Å². The SMILES string of the molecule is COc1c(C)cc(Cc2ccc(C)cc2)cc1C. The normalized spacial score (nSPS) is 10.4. The lowest BCUT2D eigenvalue weighted by atomic mass is 9.99. The third-order valence-electron chi connectivity index (χ3n) is 3.25. The third-order valence-corrected chi connectivity index (χ3v) is 3.25. The maximum Gasteiger partial charge on any atom is 0.124 e. The van der Waals surface area contributed by atoms with Crippen molar-refractivity contribution in [1.29, 1.82) is 0 Å². The molecule has 2 rings (SSSR count). The van der Waals surface area contributed by atoms with E-state index in [1.807, 2.05) is 0 Å². The van der Waals surface area contributed by atoms with Crippen LogP contribution in [0, 0.1) is 20.8 Å². The van der Waals surface area contributed by atoms with Gasteiger partial charge in [-0.15, -0.1) is 0 Å². The molecule has 0 radical (unpaired) electrons. The Hall–Kier alpha value is -1.76. The fourth-order valence-corrected chi connectivity index (χ4v) is 2.41. The highest BCUT2D eigenvalue weighted by molar-refractivity contribution is 5.44. The average molecular weight is 240 g/mol. The molecule has 1 heteroatoms. The first-order valence-electron chi connectivity index (χ1n) is 6.30. The Morgan fingerprint density at radius 2 is 1.39 bits per heavy atom. The smallest absolute Gasteiger partial charge is 0.124 e. The summed E-state index contributed by atoms with van der Waals surface area (Å²) < 4.78 is 5.40. The van der Waals surface area contributed by atoms with Gasteiger partial charge in [0.05, 0.1) is 7.11 Å². The second-order valence-electron chi connectivity index (χ2n) is 4.93. The summed E-state index contributed by atoms with van der Waals surface area (Å²) in [6.45, 7) is 6.32. The molecule has 0 N–H and O–H groups in total. The highest BCUT2D eigenvalue weighted by atomic mass is 16.5. The molecule has 1 nitrogen and oxygen atoms in total. The summed E-state index contributed by atoms with van der Waals surface area (Å²) >= 11 is 0. The van der Waals surface area contributed by atoms with Crippen molar-refractivity contribution in [1.82, 2.24) is 0 Å². The Balaban J connectivity index is 2.27. The van der Waals surface area contributed by atoms with Crippen molar-refractivity contribution in [3.05, 3.63) is 64.2 Å². The van der Waals surface area contributed by atoms with E-state index in [2.05, 4.69) is 57.2 Å². The van der Waals surface area contributed by atoms with Crippen molar-refractivity contribution in [3.63, 3.8) is 0 Å². The van der Waals surface area contributed by atoms with Crippen molar-refractivity contribution in [2.24, 2.45) is 0 Å². The summed E-state index contributed by atoms with van der Waals surface area (Å²) in [5.41, 5.74) is 6.42. The van der Waals surface area contributed by atoms with Crippen LogP contribution in [-0.4, -0.2) is 7.11 Å². The molecule has 2 aromatic rings. The largest absolute Gasteiger partial charge is 0.496 e. The molecule has 0 bridgehead atoms. The van der Waals surface area contributed by atoms with Gasteiger partial charge in [0.25, 0.3) is 0 Å². The molecule has 0 saturated carbocycles. The molecule has 0 heterocycles. The van der Waals surface area contributed by atoms with Gasteiger partial charge in [-0.3, -0.25) is 0 Å². The number of aryl methyl sites for hydroxylation is 3. The Morgan fingerprint density at radius 1 is 0.833 bits per heavy atom. The van der Waals surface area contributed by atoms with Gasteiger partial charge in [0.2, 0.25) is 0 Å². The molecule has 0 aliphatic heterocycles. The molecule has 0 saturated heterocycles. The second kappa shape index (κ2) is 5.26. The summed E-state index contributed by atoms with van der Waals surface area (Å²) in [7, 11) is 1.73. The van der Waals surface area contributed by atoms with Crippen LogP contribution in [0.1, 0.15) is 27.8 Å². The van der Waals surface area contributed by atoms with E-state index in [-0.39, 0.29) is 0 Å². The predicted molar refractivity (Wildman–Crippen MR) is 76.5 cm³/mol. The van der Waals surface area contributed by atoms with Gasteiger partial charge in [0, 0.05) is 0 Å². The van der Waals surface area contributed by atoms with E-state index in [0.29, 0.717) is 0 Å². The van der Waals surface area contributed by atoms with E-state index < -0.39 is 0 Å². The lowest BCUT2D eigenvalue weighted by Crippen LogP contribution is -1.95. The zero-order valence-electron chi connectivity index (χ0n) is 11.6. The van der Waals surface area contributed by atoms with Gasteiger partial charge in [-0.1, -0.05) is 42.0 Å². The fourth-order valence-electron chi connectivity index (χ4n) is 2.41. The number of hydrogen-bond donors (Lipinski definition) is 0. The van der Waals surface area contributed by atoms with Crippen LogP contribution in [0.2, 0.25) is 0 Å². The minimum Gasteiger partial charge on any atom is -0.496 e. The van der Waals surface area contributed by atoms with Gasteiger partial charge in [-0.05, 0) is 49.4 Å². The monoisotopic (exact) mass is 240 g/mol. The van der Waals surface area contributed by atoms with E-state index in [1.54, 1.807) is 7.11 Å². The fraction of sp³-hybridized carbons (Fsp3) is 0.294. The van der Waals surface area contributed by atoms with Crippen molar-refractivity contribution >= 4 is 0 Å². The molecule has 0 aliphatic carbocycles. The summed E-state index contributed by atoms with van der Waals surface area (Å²) in [4.78, 5) is 0.